The largest absolute Gasteiger partial charge is 0.331 e. The Morgan fingerprint density at radius 3 is 2.56 bits per heavy atom. The van der Waals surface area contributed by atoms with Gasteiger partial charge in [0.15, 0.2) is 0 Å². The normalized spacial score (nSPS) is 13.8. The van der Waals surface area contributed by atoms with Crippen molar-refractivity contribution in [1.29, 1.82) is 0 Å². The molecule has 1 N–H and O–H groups in total. The predicted molar refractivity (Wildman–Crippen MR) is 128 cm³/mol. The topological polar surface area (TPSA) is 64.0 Å². The molecule has 1 aromatic heterocycles. The van der Waals surface area contributed by atoms with Gasteiger partial charge in [0.05, 0.1) is 15.9 Å². The lowest BCUT2D eigenvalue weighted by molar-refractivity contribution is 0.600. The van der Waals surface area contributed by atoms with Crippen molar-refractivity contribution >= 4 is 26.7 Å². The van der Waals surface area contributed by atoms with Crippen LogP contribution in [0.15, 0.2) is 71.6 Å². The number of para-hydroxylation sites is 2. The molecule has 4 aromatic rings. The Hall–Kier alpha value is -3.12. The van der Waals surface area contributed by atoms with E-state index in [1.807, 2.05) is 55.6 Å². The summed E-state index contributed by atoms with van der Waals surface area (Å²) >= 11 is 0. The van der Waals surface area contributed by atoms with E-state index in [4.69, 9.17) is 4.98 Å². The van der Waals surface area contributed by atoms with Crippen molar-refractivity contribution in [3.8, 4) is 0 Å². The first kappa shape index (κ1) is 20.8. The number of aromatic nitrogens is 2. The molecule has 0 aliphatic heterocycles. The number of hydrogen-bond donors (Lipinski definition) is 1. The van der Waals surface area contributed by atoms with Gasteiger partial charge in [-0.2, -0.15) is 0 Å². The average Bonchev–Trinajstić information content (AvgIpc) is 3.13. The molecule has 0 amide bonds. The van der Waals surface area contributed by atoms with Gasteiger partial charge in [-0.3, -0.25) is 4.72 Å². The lowest BCUT2D eigenvalue weighted by atomic mass is 9.92. The Balaban J connectivity index is 1.32. The van der Waals surface area contributed by atoms with Crippen molar-refractivity contribution in [2.45, 2.75) is 43.4 Å². The molecule has 0 unspecified atom stereocenters. The quantitative estimate of drug-likeness (QED) is 0.452. The van der Waals surface area contributed by atoms with Crippen LogP contribution in [0, 0.1) is 0 Å². The van der Waals surface area contributed by atoms with Gasteiger partial charge in [-0.25, -0.2) is 13.4 Å². The van der Waals surface area contributed by atoms with Gasteiger partial charge in [-0.15, -0.1) is 0 Å². The first-order chi connectivity index (χ1) is 15.5. The molecule has 1 heterocycles. The highest BCUT2D eigenvalue weighted by atomic mass is 32.2. The number of sulfonamides is 1. The Bertz CT molecular complexity index is 1390. The highest BCUT2D eigenvalue weighted by Gasteiger charge is 2.18. The van der Waals surface area contributed by atoms with Crippen LogP contribution < -0.4 is 4.72 Å². The van der Waals surface area contributed by atoms with Crippen LogP contribution in [-0.4, -0.2) is 18.0 Å². The third-order valence-electron chi connectivity index (χ3n) is 6.33. The molecule has 32 heavy (non-hydrogen) atoms. The second kappa shape index (κ2) is 8.43. The number of aryl methyl sites for hydroxylation is 5. The zero-order chi connectivity index (χ0) is 22.1. The fraction of sp³-hybridized carbons (Fsp3) is 0.269. The first-order valence-electron chi connectivity index (χ1n) is 11.1. The van der Waals surface area contributed by atoms with Crippen molar-refractivity contribution in [3.05, 3.63) is 89.2 Å². The molecule has 0 saturated carbocycles. The summed E-state index contributed by atoms with van der Waals surface area (Å²) in [5.41, 5.74) is 6.22. The molecule has 0 spiro atoms. The predicted octanol–water partition coefficient (Wildman–Crippen LogP) is 5.04. The molecule has 0 radical (unpaired) electrons. The summed E-state index contributed by atoms with van der Waals surface area (Å²) in [6.07, 6.45) is 5.86. The van der Waals surface area contributed by atoms with E-state index in [9.17, 15) is 8.42 Å². The van der Waals surface area contributed by atoms with Crippen LogP contribution in [0.25, 0.3) is 11.0 Å². The van der Waals surface area contributed by atoms with Gasteiger partial charge in [-0.1, -0.05) is 30.3 Å². The summed E-state index contributed by atoms with van der Waals surface area (Å²) in [6.45, 7) is 0. The average molecular weight is 446 g/mol. The van der Waals surface area contributed by atoms with Gasteiger partial charge in [0.1, 0.15) is 5.82 Å². The Morgan fingerprint density at radius 2 is 1.72 bits per heavy atom. The van der Waals surface area contributed by atoms with E-state index in [2.05, 4.69) is 15.4 Å². The Morgan fingerprint density at radius 1 is 0.906 bits per heavy atom. The summed E-state index contributed by atoms with van der Waals surface area (Å²) in [5, 5.41) is 0. The molecule has 3 aromatic carbocycles. The molecule has 164 valence electrons. The van der Waals surface area contributed by atoms with Crippen molar-refractivity contribution in [1.82, 2.24) is 9.55 Å². The number of hydrogen-bond acceptors (Lipinski definition) is 3. The van der Waals surface area contributed by atoms with E-state index >= 15 is 0 Å². The van der Waals surface area contributed by atoms with Gasteiger partial charge in [-0.05, 0) is 85.2 Å². The van der Waals surface area contributed by atoms with Crippen molar-refractivity contribution in [3.63, 3.8) is 0 Å². The minimum absolute atomic E-state index is 0.336. The third kappa shape index (κ3) is 4.15. The van der Waals surface area contributed by atoms with Gasteiger partial charge in [0, 0.05) is 19.2 Å². The maximum absolute atomic E-state index is 13.0. The molecule has 1 aliphatic carbocycles. The van der Waals surface area contributed by atoms with E-state index in [-0.39, 0.29) is 0 Å². The summed E-state index contributed by atoms with van der Waals surface area (Å²) in [4.78, 5) is 5.07. The Labute approximate surface area is 189 Å². The second-order valence-electron chi connectivity index (χ2n) is 8.52. The second-order valence-corrected chi connectivity index (χ2v) is 10.2. The zero-order valence-corrected chi connectivity index (χ0v) is 19.0. The van der Waals surface area contributed by atoms with Crippen LogP contribution in [0.1, 0.15) is 35.4 Å². The van der Waals surface area contributed by atoms with Gasteiger partial charge < -0.3 is 4.57 Å². The monoisotopic (exact) mass is 445 g/mol. The minimum Gasteiger partial charge on any atom is -0.331 e. The maximum Gasteiger partial charge on any atom is 0.261 e. The van der Waals surface area contributed by atoms with Crippen molar-refractivity contribution in [2.75, 3.05) is 4.72 Å². The molecule has 0 fully saturated rings. The van der Waals surface area contributed by atoms with Crippen molar-refractivity contribution in [2.24, 2.45) is 7.05 Å². The molecule has 1 aliphatic rings. The van der Waals surface area contributed by atoms with E-state index in [1.165, 1.54) is 12.0 Å². The highest BCUT2D eigenvalue weighted by Crippen LogP contribution is 2.26. The van der Waals surface area contributed by atoms with E-state index in [0.717, 1.165) is 60.1 Å². The fourth-order valence-electron chi connectivity index (χ4n) is 4.56. The van der Waals surface area contributed by atoms with Gasteiger partial charge in [0.2, 0.25) is 0 Å². The van der Waals surface area contributed by atoms with Crippen LogP contribution >= 0.6 is 0 Å². The molecule has 0 bridgehead atoms. The number of benzene rings is 3. The molecule has 5 rings (SSSR count). The summed E-state index contributed by atoms with van der Waals surface area (Å²) in [6, 6.07) is 21.3. The fourth-order valence-corrected chi connectivity index (χ4v) is 5.66. The molecular weight excluding hydrogens is 418 g/mol. The third-order valence-corrected chi connectivity index (χ3v) is 7.71. The standard InChI is InChI=1S/C26H27N3O2S/c1-29-25-12-5-4-11-24(25)27-26(29)16-13-19-7-6-10-22(17-19)28-32(30,31)23-15-14-20-8-2-3-9-21(20)18-23/h4-7,10-12,14-15,17-18,28H,2-3,8-9,13,16H2,1H3. The minimum atomic E-state index is -3.62. The van der Waals surface area contributed by atoms with Gasteiger partial charge >= 0.3 is 0 Å². The van der Waals surface area contributed by atoms with Gasteiger partial charge in [0.25, 0.3) is 10.0 Å². The number of nitrogens with one attached hydrogen (secondary N) is 1. The van der Waals surface area contributed by atoms with Crippen LogP contribution in [0.5, 0.6) is 0 Å². The van der Waals surface area contributed by atoms with Crippen molar-refractivity contribution < 1.29 is 8.42 Å². The number of rotatable bonds is 6. The molecular formula is C26H27N3O2S. The zero-order valence-electron chi connectivity index (χ0n) is 18.2. The van der Waals surface area contributed by atoms with E-state index in [1.54, 1.807) is 12.1 Å². The number of anilines is 1. The molecule has 5 nitrogen and oxygen atoms in total. The molecule has 0 atom stereocenters. The maximum atomic E-state index is 13.0. The SMILES string of the molecule is Cn1c(CCc2cccc(NS(=O)(=O)c3ccc4c(c3)CCCC4)c2)nc2ccccc21. The number of fused-ring (bicyclic) bond motifs is 2. The van der Waals surface area contributed by atoms with E-state index in [0.29, 0.717) is 10.6 Å². The number of nitrogens with zero attached hydrogens (tertiary/aromatic N) is 2. The summed E-state index contributed by atoms with van der Waals surface area (Å²) in [5.74, 6) is 1.02. The molecule has 6 heteroatoms. The number of imidazole rings is 1. The van der Waals surface area contributed by atoms with Crippen LogP contribution in [-0.2, 0) is 42.8 Å². The lowest BCUT2D eigenvalue weighted by Crippen LogP contribution is -2.14. The smallest absolute Gasteiger partial charge is 0.261 e. The molecule has 0 saturated heterocycles. The highest BCUT2D eigenvalue weighted by molar-refractivity contribution is 7.92. The van der Waals surface area contributed by atoms with E-state index < -0.39 is 10.0 Å². The van der Waals surface area contributed by atoms with Crippen LogP contribution in [0.4, 0.5) is 5.69 Å². The first-order valence-corrected chi connectivity index (χ1v) is 12.6. The lowest BCUT2D eigenvalue weighted by Gasteiger charge is -2.17. The van der Waals surface area contributed by atoms with Crippen LogP contribution in [0.3, 0.4) is 0 Å². The summed E-state index contributed by atoms with van der Waals surface area (Å²) in [7, 11) is -1.59. The van der Waals surface area contributed by atoms with Crippen LogP contribution in [0.2, 0.25) is 0 Å². The summed E-state index contributed by atoms with van der Waals surface area (Å²) < 4.78 is 30.9. The Kier molecular flexibility index (Phi) is 5.47.